The highest BCUT2D eigenvalue weighted by molar-refractivity contribution is 7.09. The number of nitrogens with zero attached hydrogens (tertiary/aromatic N) is 2. The Morgan fingerprint density at radius 1 is 1.25 bits per heavy atom. The van der Waals surface area contributed by atoms with Crippen molar-refractivity contribution in [1.82, 2.24) is 15.6 Å². The van der Waals surface area contributed by atoms with Crippen LogP contribution in [0, 0.1) is 5.82 Å². The lowest BCUT2D eigenvalue weighted by Crippen LogP contribution is -2.37. The van der Waals surface area contributed by atoms with E-state index in [9.17, 15) is 4.39 Å². The van der Waals surface area contributed by atoms with Crippen molar-refractivity contribution in [1.29, 1.82) is 0 Å². The predicted molar refractivity (Wildman–Crippen MR) is 99.1 cm³/mol. The second-order valence-corrected chi connectivity index (χ2v) is 7.51. The fraction of sp³-hybridized carbons (Fsp3) is 0.444. The van der Waals surface area contributed by atoms with Crippen LogP contribution in [0.15, 0.2) is 34.6 Å². The number of guanidine groups is 1. The molecule has 0 bridgehead atoms. The van der Waals surface area contributed by atoms with E-state index in [4.69, 9.17) is 0 Å². The van der Waals surface area contributed by atoms with Crippen LogP contribution in [-0.4, -0.2) is 24.5 Å². The summed E-state index contributed by atoms with van der Waals surface area (Å²) in [6.45, 7) is 7.71. The van der Waals surface area contributed by atoms with Gasteiger partial charge in [-0.15, -0.1) is 11.3 Å². The molecule has 24 heavy (non-hydrogen) atoms. The van der Waals surface area contributed by atoms with Gasteiger partial charge in [-0.05, 0) is 18.1 Å². The molecular weight excluding hydrogens is 323 g/mol. The SMILES string of the molecule is CN=C(NCCc1ccccc1F)NCc1nc(C(C)(C)C)cs1. The number of aliphatic imine (C=N–C) groups is 1. The molecule has 2 rings (SSSR count). The van der Waals surface area contributed by atoms with E-state index in [2.05, 4.69) is 46.8 Å². The van der Waals surface area contributed by atoms with E-state index in [1.54, 1.807) is 30.5 Å². The number of rotatable bonds is 5. The molecule has 0 unspecified atom stereocenters. The lowest BCUT2D eigenvalue weighted by Gasteiger charge is -2.14. The molecule has 0 radical (unpaired) electrons. The normalized spacial score (nSPS) is 12.3. The minimum Gasteiger partial charge on any atom is -0.356 e. The highest BCUT2D eigenvalue weighted by Crippen LogP contribution is 2.23. The summed E-state index contributed by atoms with van der Waals surface area (Å²) >= 11 is 1.65. The van der Waals surface area contributed by atoms with Gasteiger partial charge in [0, 0.05) is 24.4 Å². The maximum Gasteiger partial charge on any atom is 0.191 e. The standard InChI is InChI=1S/C18H25FN4S/c1-18(2,3)15-12-24-16(23-15)11-22-17(20-4)21-10-9-13-7-5-6-8-14(13)19/h5-8,12H,9-11H2,1-4H3,(H2,20,21,22). The van der Waals surface area contributed by atoms with Gasteiger partial charge in [0.05, 0.1) is 12.2 Å². The minimum atomic E-state index is -0.167. The molecule has 0 spiro atoms. The second kappa shape index (κ2) is 8.24. The van der Waals surface area contributed by atoms with E-state index in [0.717, 1.165) is 10.7 Å². The Balaban J connectivity index is 1.80. The molecule has 0 aliphatic rings. The van der Waals surface area contributed by atoms with Crippen molar-refractivity contribution in [3.05, 3.63) is 51.7 Å². The van der Waals surface area contributed by atoms with Gasteiger partial charge in [-0.1, -0.05) is 39.0 Å². The predicted octanol–water partition coefficient (Wildman–Crippen LogP) is 3.49. The molecule has 0 saturated heterocycles. The first-order chi connectivity index (χ1) is 11.4. The van der Waals surface area contributed by atoms with E-state index in [-0.39, 0.29) is 11.2 Å². The number of benzene rings is 1. The fourth-order valence-corrected chi connectivity index (χ4v) is 3.09. The molecule has 1 aromatic heterocycles. The third-order valence-electron chi connectivity index (χ3n) is 3.60. The summed E-state index contributed by atoms with van der Waals surface area (Å²) in [5.74, 6) is 0.526. The van der Waals surface area contributed by atoms with Crippen molar-refractivity contribution in [3.63, 3.8) is 0 Å². The molecule has 0 saturated carbocycles. The van der Waals surface area contributed by atoms with Crippen LogP contribution in [0.5, 0.6) is 0 Å². The Kier molecular flexibility index (Phi) is 6.31. The lowest BCUT2D eigenvalue weighted by molar-refractivity contribution is 0.570. The summed E-state index contributed by atoms with van der Waals surface area (Å²) in [5.41, 5.74) is 1.87. The zero-order valence-corrected chi connectivity index (χ0v) is 15.5. The van der Waals surface area contributed by atoms with Crippen molar-refractivity contribution in [2.75, 3.05) is 13.6 Å². The molecule has 2 aromatic rings. The number of aromatic nitrogens is 1. The molecule has 0 atom stereocenters. The molecular formula is C18H25FN4S. The summed E-state index contributed by atoms with van der Waals surface area (Å²) in [7, 11) is 1.72. The lowest BCUT2D eigenvalue weighted by atomic mass is 9.93. The largest absolute Gasteiger partial charge is 0.356 e. The molecule has 4 nitrogen and oxygen atoms in total. The molecule has 130 valence electrons. The van der Waals surface area contributed by atoms with Crippen molar-refractivity contribution in [3.8, 4) is 0 Å². The Hall–Kier alpha value is -1.95. The summed E-state index contributed by atoms with van der Waals surface area (Å²) in [6.07, 6.45) is 0.610. The monoisotopic (exact) mass is 348 g/mol. The molecule has 0 aliphatic heterocycles. The van der Waals surface area contributed by atoms with Gasteiger partial charge in [0.15, 0.2) is 5.96 Å². The van der Waals surface area contributed by atoms with Gasteiger partial charge in [0.2, 0.25) is 0 Å². The van der Waals surface area contributed by atoms with E-state index in [1.165, 1.54) is 6.07 Å². The topological polar surface area (TPSA) is 49.3 Å². The van der Waals surface area contributed by atoms with E-state index < -0.39 is 0 Å². The minimum absolute atomic E-state index is 0.0639. The average Bonchev–Trinajstić information content (AvgIpc) is 3.01. The Morgan fingerprint density at radius 3 is 2.62 bits per heavy atom. The molecule has 1 heterocycles. The number of nitrogens with one attached hydrogen (secondary N) is 2. The first kappa shape index (κ1) is 18.4. The van der Waals surface area contributed by atoms with E-state index in [1.807, 2.05) is 6.07 Å². The van der Waals surface area contributed by atoms with Gasteiger partial charge in [-0.2, -0.15) is 0 Å². The van der Waals surface area contributed by atoms with Crippen molar-refractivity contribution in [2.45, 2.75) is 39.2 Å². The maximum absolute atomic E-state index is 13.6. The Labute approximate surface area is 147 Å². The van der Waals surface area contributed by atoms with Crippen LogP contribution in [0.4, 0.5) is 4.39 Å². The molecule has 0 fully saturated rings. The first-order valence-corrected chi connectivity index (χ1v) is 8.91. The Bertz CT molecular complexity index is 688. The first-order valence-electron chi connectivity index (χ1n) is 8.03. The van der Waals surface area contributed by atoms with Gasteiger partial charge in [-0.25, -0.2) is 9.37 Å². The Morgan fingerprint density at radius 2 is 2.00 bits per heavy atom. The average molecular weight is 348 g/mol. The maximum atomic E-state index is 13.6. The number of halogens is 1. The zero-order chi connectivity index (χ0) is 17.6. The van der Waals surface area contributed by atoms with Gasteiger partial charge >= 0.3 is 0 Å². The summed E-state index contributed by atoms with van der Waals surface area (Å²) in [4.78, 5) is 8.84. The van der Waals surface area contributed by atoms with Gasteiger partial charge in [0.1, 0.15) is 10.8 Å². The van der Waals surface area contributed by atoms with Gasteiger partial charge < -0.3 is 10.6 Å². The molecule has 2 N–H and O–H groups in total. The summed E-state index contributed by atoms with van der Waals surface area (Å²) in [5, 5.41) is 9.57. The molecule has 0 amide bonds. The van der Waals surface area contributed by atoms with E-state index in [0.29, 0.717) is 31.0 Å². The van der Waals surface area contributed by atoms with Crippen LogP contribution in [-0.2, 0) is 18.4 Å². The fourth-order valence-electron chi connectivity index (χ4n) is 2.13. The van der Waals surface area contributed by atoms with Crippen LogP contribution in [0.3, 0.4) is 0 Å². The van der Waals surface area contributed by atoms with Crippen LogP contribution in [0.1, 0.15) is 37.0 Å². The third-order valence-corrected chi connectivity index (χ3v) is 4.44. The summed E-state index contributed by atoms with van der Waals surface area (Å²) in [6, 6.07) is 6.84. The highest BCUT2D eigenvalue weighted by atomic mass is 32.1. The zero-order valence-electron chi connectivity index (χ0n) is 14.7. The number of thiazole rings is 1. The van der Waals surface area contributed by atoms with Crippen LogP contribution in [0.2, 0.25) is 0 Å². The smallest absolute Gasteiger partial charge is 0.191 e. The molecule has 1 aromatic carbocycles. The van der Waals surface area contributed by atoms with Crippen molar-refractivity contribution in [2.24, 2.45) is 4.99 Å². The van der Waals surface area contributed by atoms with Crippen molar-refractivity contribution < 1.29 is 4.39 Å². The third kappa shape index (κ3) is 5.30. The quantitative estimate of drug-likeness (QED) is 0.642. The van der Waals surface area contributed by atoms with Crippen molar-refractivity contribution >= 4 is 17.3 Å². The molecule has 0 aliphatic carbocycles. The number of hydrogen-bond acceptors (Lipinski definition) is 3. The van der Waals surface area contributed by atoms with Crippen LogP contribution < -0.4 is 10.6 Å². The molecule has 6 heteroatoms. The van der Waals surface area contributed by atoms with E-state index >= 15 is 0 Å². The van der Waals surface area contributed by atoms with Crippen LogP contribution in [0.25, 0.3) is 0 Å². The highest BCUT2D eigenvalue weighted by Gasteiger charge is 2.17. The van der Waals surface area contributed by atoms with Crippen LogP contribution >= 0.6 is 11.3 Å². The van der Waals surface area contributed by atoms with Gasteiger partial charge in [0.25, 0.3) is 0 Å². The summed E-state index contributed by atoms with van der Waals surface area (Å²) < 4.78 is 13.6. The second-order valence-electron chi connectivity index (χ2n) is 6.57. The van der Waals surface area contributed by atoms with Gasteiger partial charge in [-0.3, -0.25) is 4.99 Å². The number of hydrogen-bond donors (Lipinski definition) is 2.